The third-order valence-electron chi connectivity index (χ3n) is 6.23. The number of carbonyl (C=O) groups excluding carboxylic acids is 1. The normalized spacial score (nSPS) is 15.5. The molecule has 3 rings (SSSR count). The van der Waals surface area contributed by atoms with E-state index >= 15 is 0 Å². The largest absolute Gasteiger partial charge is 0.490 e. The summed E-state index contributed by atoms with van der Waals surface area (Å²) in [6.45, 7) is 6.60. The highest BCUT2D eigenvalue weighted by Gasteiger charge is 2.30. The molecule has 32 heavy (non-hydrogen) atoms. The third kappa shape index (κ3) is 6.00. The van der Waals surface area contributed by atoms with Crippen molar-refractivity contribution in [2.24, 2.45) is 5.92 Å². The van der Waals surface area contributed by atoms with Gasteiger partial charge in [0.1, 0.15) is 11.5 Å². The van der Waals surface area contributed by atoms with Crippen molar-refractivity contribution >= 4 is 5.97 Å². The molecule has 2 heterocycles. The van der Waals surface area contributed by atoms with E-state index in [1.807, 2.05) is 13.8 Å². The highest BCUT2D eigenvalue weighted by molar-refractivity contribution is 5.89. The summed E-state index contributed by atoms with van der Waals surface area (Å²) in [5.74, 6) is -0.0855. The molecule has 2 aromatic rings. The molecule has 0 aliphatic carbocycles. The Morgan fingerprint density at radius 2 is 1.84 bits per heavy atom. The summed E-state index contributed by atoms with van der Waals surface area (Å²) in [7, 11) is 1.24. The Morgan fingerprint density at radius 1 is 1.19 bits per heavy atom. The predicted molar refractivity (Wildman–Crippen MR) is 118 cm³/mol. The van der Waals surface area contributed by atoms with Crippen molar-refractivity contribution in [3.05, 3.63) is 42.0 Å². The van der Waals surface area contributed by atoms with Crippen molar-refractivity contribution in [2.45, 2.75) is 45.2 Å². The number of nitrogens with zero attached hydrogens (tertiary/aromatic N) is 3. The molecule has 6 nitrogen and oxygen atoms in total. The first-order valence-corrected chi connectivity index (χ1v) is 11.1. The van der Waals surface area contributed by atoms with Crippen LogP contribution in [0.1, 0.15) is 49.9 Å². The standard InChI is InChI=1S/C24H31F2N3O3/c1-4-24(26,5-2)16-29-10-8-17(9-11-29)15-32-19-13-27-22(28-14-19)20-7-6-18(12-21(20)25)23(30)31-3/h6-7,12-14,17H,4-5,8-11,15-16H2,1-3H3. The second-order valence-corrected chi connectivity index (χ2v) is 8.32. The molecule has 0 radical (unpaired) electrons. The van der Waals surface area contributed by atoms with E-state index in [-0.39, 0.29) is 17.0 Å². The summed E-state index contributed by atoms with van der Waals surface area (Å²) in [5.41, 5.74) is -0.775. The van der Waals surface area contributed by atoms with E-state index < -0.39 is 17.5 Å². The SMILES string of the molecule is CCC(F)(CC)CN1CCC(COc2cnc(-c3ccc(C(=O)OC)cc3F)nc2)CC1. The molecular weight excluding hydrogens is 416 g/mol. The van der Waals surface area contributed by atoms with Crippen molar-refractivity contribution in [1.29, 1.82) is 0 Å². The molecule has 1 aromatic carbocycles. The molecule has 1 aliphatic heterocycles. The van der Waals surface area contributed by atoms with E-state index in [0.29, 0.717) is 37.7 Å². The van der Waals surface area contributed by atoms with Crippen LogP contribution in [0, 0.1) is 11.7 Å². The van der Waals surface area contributed by atoms with E-state index in [0.717, 1.165) is 32.0 Å². The number of ether oxygens (including phenoxy) is 2. The van der Waals surface area contributed by atoms with Crippen molar-refractivity contribution in [3.63, 3.8) is 0 Å². The maximum Gasteiger partial charge on any atom is 0.337 e. The van der Waals surface area contributed by atoms with Gasteiger partial charge in [-0.2, -0.15) is 0 Å². The number of methoxy groups -OCH3 is 1. The molecule has 1 aromatic heterocycles. The molecule has 0 atom stereocenters. The van der Waals surface area contributed by atoms with Crippen molar-refractivity contribution in [3.8, 4) is 17.1 Å². The van der Waals surface area contributed by atoms with Gasteiger partial charge in [0, 0.05) is 6.54 Å². The molecule has 0 saturated carbocycles. The highest BCUT2D eigenvalue weighted by atomic mass is 19.1. The van der Waals surface area contributed by atoms with E-state index in [1.54, 1.807) is 0 Å². The summed E-state index contributed by atoms with van der Waals surface area (Å²) in [6.07, 6.45) is 6.04. The number of likely N-dealkylation sites (tertiary alicyclic amines) is 1. The molecule has 0 N–H and O–H groups in total. The Kier molecular flexibility index (Phi) is 8.12. The summed E-state index contributed by atoms with van der Waals surface area (Å²) in [4.78, 5) is 22.1. The number of alkyl halides is 1. The van der Waals surface area contributed by atoms with E-state index in [2.05, 4.69) is 19.6 Å². The van der Waals surface area contributed by atoms with Gasteiger partial charge in [-0.15, -0.1) is 0 Å². The van der Waals surface area contributed by atoms with E-state index in [9.17, 15) is 13.6 Å². The molecule has 8 heteroatoms. The molecular formula is C24H31F2N3O3. The fourth-order valence-corrected chi connectivity index (χ4v) is 3.87. The first kappa shape index (κ1) is 24.0. The van der Waals surface area contributed by atoms with Crippen LogP contribution in [0.3, 0.4) is 0 Å². The lowest BCUT2D eigenvalue weighted by atomic mass is 9.94. The maximum atomic E-state index is 14.6. The van der Waals surface area contributed by atoms with Crippen molar-refractivity contribution in [1.82, 2.24) is 14.9 Å². The Balaban J connectivity index is 1.50. The number of benzene rings is 1. The van der Waals surface area contributed by atoms with Gasteiger partial charge < -0.3 is 14.4 Å². The van der Waals surface area contributed by atoms with Crippen LogP contribution in [-0.2, 0) is 4.74 Å². The van der Waals surface area contributed by atoms with Crippen LogP contribution in [-0.4, -0.2) is 59.9 Å². The number of carbonyl (C=O) groups is 1. The minimum atomic E-state index is -1.10. The van der Waals surface area contributed by atoms with Crippen LogP contribution in [0.4, 0.5) is 8.78 Å². The number of hydrogen-bond donors (Lipinski definition) is 0. The van der Waals surface area contributed by atoms with Crippen LogP contribution in [0.15, 0.2) is 30.6 Å². The fraction of sp³-hybridized carbons (Fsp3) is 0.542. The van der Waals surface area contributed by atoms with Gasteiger partial charge in [0.15, 0.2) is 11.6 Å². The number of piperidine rings is 1. The topological polar surface area (TPSA) is 64.5 Å². The van der Waals surface area contributed by atoms with Gasteiger partial charge in [0.25, 0.3) is 0 Å². The van der Waals surface area contributed by atoms with Gasteiger partial charge in [-0.05, 0) is 62.9 Å². The van der Waals surface area contributed by atoms with Crippen LogP contribution in [0.2, 0.25) is 0 Å². The van der Waals surface area contributed by atoms with Crippen LogP contribution >= 0.6 is 0 Å². The summed E-state index contributed by atoms with van der Waals surface area (Å²) < 4.78 is 39.4. The second-order valence-electron chi connectivity index (χ2n) is 8.32. The molecule has 0 spiro atoms. The number of esters is 1. The summed E-state index contributed by atoms with van der Waals surface area (Å²) >= 11 is 0. The number of hydrogen-bond acceptors (Lipinski definition) is 6. The quantitative estimate of drug-likeness (QED) is 0.520. The summed E-state index contributed by atoms with van der Waals surface area (Å²) in [5, 5.41) is 0. The molecule has 1 saturated heterocycles. The van der Waals surface area contributed by atoms with Gasteiger partial charge in [-0.3, -0.25) is 0 Å². The maximum absolute atomic E-state index is 14.6. The zero-order valence-corrected chi connectivity index (χ0v) is 18.9. The molecule has 0 bridgehead atoms. The minimum absolute atomic E-state index is 0.126. The predicted octanol–water partition coefficient (Wildman–Crippen LogP) is 4.69. The molecule has 0 unspecified atom stereocenters. The highest BCUT2D eigenvalue weighted by Crippen LogP contribution is 2.26. The molecule has 0 amide bonds. The smallest absolute Gasteiger partial charge is 0.337 e. The average Bonchev–Trinajstić information content (AvgIpc) is 2.83. The zero-order valence-electron chi connectivity index (χ0n) is 18.9. The first-order valence-electron chi connectivity index (χ1n) is 11.1. The average molecular weight is 448 g/mol. The van der Waals surface area contributed by atoms with Crippen molar-refractivity contribution in [2.75, 3.05) is 33.4 Å². The first-order chi connectivity index (χ1) is 15.4. The fourth-order valence-electron chi connectivity index (χ4n) is 3.87. The third-order valence-corrected chi connectivity index (χ3v) is 6.23. The second kappa shape index (κ2) is 10.8. The lowest BCUT2D eigenvalue weighted by Gasteiger charge is -2.36. The zero-order chi connectivity index (χ0) is 23.1. The molecule has 174 valence electrons. The molecule has 1 aliphatic rings. The van der Waals surface area contributed by atoms with E-state index in [4.69, 9.17) is 4.74 Å². The number of rotatable bonds is 9. The van der Waals surface area contributed by atoms with Crippen LogP contribution in [0.25, 0.3) is 11.4 Å². The number of aromatic nitrogens is 2. The lowest BCUT2D eigenvalue weighted by Crippen LogP contribution is -2.44. The van der Waals surface area contributed by atoms with Gasteiger partial charge >= 0.3 is 5.97 Å². The summed E-state index contributed by atoms with van der Waals surface area (Å²) in [6, 6.07) is 4.03. The van der Waals surface area contributed by atoms with Crippen LogP contribution < -0.4 is 4.74 Å². The Morgan fingerprint density at radius 3 is 2.41 bits per heavy atom. The monoisotopic (exact) mass is 447 g/mol. The molecule has 1 fully saturated rings. The Hall–Kier alpha value is -2.61. The van der Waals surface area contributed by atoms with Crippen molar-refractivity contribution < 1.29 is 23.0 Å². The lowest BCUT2D eigenvalue weighted by molar-refractivity contribution is 0.0567. The minimum Gasteiger partial charge on any atom is -0.490 e. The van der Waals surface area contributed by atoms with Crippen LogP contribution in [0.5, 0.6) is 5.75 Å². The van der Waals surface area contributed by atoms with E-state index in [1.165, 1.54) is 31.6 Å². The number of halogens is 2. The van der Waals surface area contributed by atoms with Gasteiger partial charge in [0.2, 0.25) is 0 Å². The Labute approximate surface area is 188 Å². The van der Waals surface area contributed by atoms with Gasteiger partial charge in [0.05, 0.1) is 37.2 Å². The van der Waals surface area contributed by atoms with Gasteiger partial charge in [-0.25, -0.2) is 23.5 Å². The van der Waals surface area contributed by atoms with Gasteiger partial charge in [-0.1, -0.05) is 13.8 Å². The Bertz CT molecular complexity index is 896.